The lowest BCUT2D eigenvalue weighted by Crippen LogP contribution is -2.26. The molecule has 0 aliphatic carbocycles. The molecule has 4 heteroatoms. The standard InChI is InChI=1S/C17H18BrNO2/c1-20-13-6-7-15(18)12(10-13)11-19-16-8-9-21-17-5-3-2-4-14(16)17/h2-7,10,16,19H,8-9,11H2,1H3. The van der Waals surface area contributed by atoms with Crippen LogP contribution >= 0.6 is 15.9 Å². The molecule has 1 N–H and O–H groups in total. The summed E-state index contributed by atoms with van der Waals surface area (Å²) in [5.41, 5.74) is 2.43. The lowest BCUT2D eigenvalue weighted by atomic mass is 10.0. The van der Waals surface area contributed by atoms with Crippen LogP contribution in [0.5, 0.6) is 11.5 Å². The minimum atomic E-state index is 0.327. The topological polar surface area (TPSA) is 30.5 Å². The van der Waals surface area contributed by atoms with Gasteiger partial charge in [-0.05, 0) is 29.8 Å². The first-order valence-corrected chi connectivity index (χ1v) is 7.85. The number of nitrogens with one attached hydrogen (secondary N) is 1. The molecule has 0 bridgehead atoms. The summed E-state index contributed by atoms with van der Waals surface area (Å²) < 4.78 is 12.1. The number of ether oxygens (including phenoxy) is 2. The molecule has 1 atom stereocenters. The summed E-state index contributed by atoms with van der Waals surface area (Å²) in [5, 5.41) is 3.62. The molecule has 110 valence electrons. The second kappa shape index (κ2) is 6.50. The Balaban J connectivity index is 1.74. The van der Waals surface area contributed by atoms with Gasteiger partial charge < -0.3 is 14.8 Å². The zero-order chi connectivity index (χ0) is 14.7. The first-order chi connectivity index (χ1) is 10.3. The van der Waals surface area contributed by atoms with Crippen LogP contribution in [0.1, 0.15) is 23.6 Å². The van der Waals surface area contributed by atoms with Crippen LogP contribution < -0.4 is 14.8 Å². The van der Waals surface area contributed by atoms with Gasteiger partial charge in [0.2, 0.25) is 0 Å². The molecule has 0 amide bonds. The molecule has 0 fully saturated rings. The SMILES string of the molecule is COc1ccc(Br)c(CNC2CCOc3ccccc32)c1. The number of halogens is 1. The van der Waals surface area contributed by atoms with E-state index in [0.717, 1.165) is 35.5 Å². The molecular formula is C17H18BrNO2. The maximum absolute atomic E-state index is 5.70. The largest absolute Gasteiger partial charge is 0.497 e. The third kappa shape index (κ3) is 3.22. The number of methoxy groups -OCH3 is 1. The highest BCUT2D eigenvalue weighted by molar-refractivity contribution is 9.10. The van der Waals surface area contributed by atoms with E-state index in [1.807, 2.05) is 24.3 Å². The van der Waals surface area contributed by atoms with Crippen LogP contribution in [0.4, 0.5) is 0 Å². The fourth-order valence-electron chi connectivity index (χ4n) is 2.60. The van der Waals surface area contributed by atoms with Crippen molar-refractivity contribution in [2.24, 2.45) is 0 Å². The van der Waals surface area contributed by atoms with E-state index in [-0.39, 0.29) is 0 Å². The summed E-state index contributed by atoms with van der Waals surface area (Å²) in [4.78, 5) is 0. The Labute approximate surface area is 133 Å². The molecular weight excluding hydrogens is 330 g/mol. The normalized spacial score (nSPS) is 17.0. The highest BCUT2D eigenvalue weighted by Crippen LogP contribution is 2.32. The van der Waals surface area contributed by atoms with Gasteiger partial charge in [0, 0.05) is 29.0 Å². The third-order valence-corrected chi connectivity index (χ3v) is 4.52. The van der Waals surface area contributed by atoms with Crippen molar-refractivity contribution in [3.63, 3.8) is 0 Å². The van der Waals surface area contributed by atoms with Gasteiger partial charge in [-0.25, -0.2) is 0 Å². The minimum absolute atomic E-state index is 0.327. The van der Waals surface area contributed by atoms with Crippen LogP contribution in [-0.4, -0.2) is 13.7 Å². The second-order valence-corrected chi connectivity index (χ2v) is 5.92. The molecule has 3 nitrogen and oxygen atoms in total. The van der Waals surface area contributed by atoms with E-state index >= 15 is 0 Å². The van der Waals surface area contributed by atoms with Crippen molar-refractivity contribution in [2.75, 3.05) is 13.7 Å². The van der Waals surface area contributed by atoms with Crippen molar-refractivity contribution < 1.29 is 9.47 Å². The van der Waals surface area contributed by atoms with Gasteiger partial charge in [-0.3, -0.25) is 0 Å². The number of benzene rings is 2. The van der Waals surface area contributed by atoms with Crippen molar-refractivity contribution in [3.8, 4) is 11.5 Å². The summed E-state index contributed by atoms with van der Waals surface area (Å²) in [6.45, 7) is 1.55. The van der Waals surface area contributed by atoms with Gasteiger partial charge in [-0.15, -0.1) is 0 Å². The van der Waals surface area contributed by atoms with Crippen LogP contribution in [0.2, 0.25) is 0 Å². The average molecular weight is 348 g/mol. The zero-order valence-electron chi connectivity index (χ0n) is 11.9. The van der Waals surface area contributed by atoms with Crippen LogP contribution in [0, 0.1) is 0 Å². The van der Waals surface area contributed by atoms with E-state index in [4.69, 9.17) is 9.47 Å². The summed E-state index contributed by atoms with van der Waals surface area (Å²) in [7, 11) is 1.69. The highest BCUT2D eigenvalue weighted by Gasteiger charge is 2.20. The van der Waals surface area contributed by atoms with Crippen molar-refractivity contribution in [1.29, 1.82) is 0 Å². The fraction of sp³-hybridized carbons (Fsp3) is 0.294. The van der Waals surface area contributed by atoms with E-state index < -0.39 is 0 Å². The molecule has 0 saturated heterocycles. The van der Waals surface area contributed by atoms with E-state index in [1.54, 1.807) is 7.11 Å². The molecule has 0 saturated carbocycles. The molecule has 3 rings (SSSR count). The second-order valence-electron chi connectivity index (χ2n) is 5.07. The van der Waals surface area contributed by atoms with E-state index in [0.29, 0.717) is 6.04 Å². The number of para-hydroxylation sites is 1. The van der Waals surface area contributed by atoms with Crippen molar-refractivity contribution >= 4 is 15.9 Å². The maximum Gasteiger partial charge on any atom is 0.124 e. The Bertz CT molecular complexity index is 630. The van der Waals surface area contributed by atoms with Gasteiger partial charge in [-0.1, -0.05) is 34.1 Å². The summed E-state index contributed by atoms with van der Waals surface area (Å²) >= 11 is 3.60. The molecule has 2 aromatic carbocycles. The lowest BCUT2D eigenvalue weighted by Gasteiger charge is -2.27. The fourth-order valence-corrected chi connectivity index (χ4v) is 2.99. The number of hydrogen-bond donors (Lipinski definition) is 1. The van der Waals surface area contributed by atoms with Crippen LogP contribution in [0.3, 0.4) is 0 Å². The smallest absolute Gasteiger partial charge is 0.124 e. The number of fused-ring (bicyclic) bond motifs is 1. The molecule has 2 aromatic rings. The predicted octanol–water partition coefficient (Wildman–Crippen LogP) is 4.07. The summed E-state index contributed by atoms with van der Waals surface area (Å²) in [6, 6.07) is 14.6. The molecule has 0 spiro atoms. The molecule has 1 aliphatic rings. The number of hydrogen-bond acceptors (Lipinski definition) is 3. The van der Waals surface area contributed by atoms with Crippen molar-refractivity contribution in [2.45, 2.75) is 19.0 Å². The molecule has 0 aromatic heterocycles. The Morgan fingerprint density at radius 1 is 1.29 bits per heavy atom. The lowest BCUT2D eigenvalue weighted by molar-refractivity contribution is 0.252. The Kier molecular flexibility index (Phi) is 4.46. The minimum Gasteiger partial charge on any atom is -0.497 e. The van der Waals surface area contributed by atoms with E-state index in [2.05, 4.69) is 39.4 Å². The van der Waals surface area contributed by atoms with Gasteiger partial charge in [0.1, 0.15) is 11.5 Å². The van der Waals surface area contributed by atoms with E-state index in [1.165, 1.54) is 11.1 Å². The van der Waals surface area contributed by atoms with Gasteiger partial charge in [-0.2, -0.15) is 0 Å². The molecule has 1 unspecified atom stereocenters. The van der Waals surface area contributed by atoms with Gasteiger partial charge in [0.15, 0.2) is 0 Å². The van der Waals surface area contributed by atoms with Crippen LogP contribution in [0.25, 0.3) is 0 Å². The van der Waals surface area contributed by atoms with Gasteiger partial charge in [0.05, 0.1) is 13.7 Å². The van der Waals surface area contributed by atoms with Crippen molar-refractivity contribution in [3.05, 3.63) is 58.1 Å². The predicted molar refractivity (Wildman–Crippen MR) is 86.8 cm³/mol. The quantitative estimate of drug-likeness (QED) is 0.904. The van der Waals surface area contributed by atoms with Gasteiger partial charge >= 0.3 is 0 Å². The molecule has 1 aliphatic heterocycles. The first-order valence-electron chi connectivity index (χ1n) is 7.05. The van der Waals surface area contributed by atoms with Crippen LogP contribution in [-0.2, 0) is 6.54 Å². The Morgan fingerprint density at radius 3 is 3.00 bits per heavy atom. The monoisotopic (exact) mass is 347 g/mol. The first kappa shape index (κ1) is 14.4. The molecule has 1 heterocycles. The maximum atomic E-state index is 5.70. The van der Waals surface area contributed by atoms with Gasteiger partial charge in [0.25, 0.3) is 0 Å². The van der Waals surface area contributed by atoms with Crippen molar-refractivity contribution in [1.82, 2.24) is 5.32 Å². The number of rotatable bonds is 4. The third-order valence-electron chi connectivity index (χ3n) is 3.75. The van der Waals surface area contributed by atoms with E-state index in [9.17, 15) is 0 Å². The average Bonchev–Trinajstić information content (AvgIpc) is 2.54. The Hall–Kier alpha value is -1.52. The molecule has 0 radical (unpaired) electrons. The zero-order valence-corrected chi connectivity index (χ0v) is 13.5. The Morgan fingerprint density at radius 2 is 2.14 bits per heavy atom. The highest BCUT2D eigenvalue weighted by atomic mass is 79.9. The molecule has 21 heavy (non-hydrogen) atoms. The summed E-state index contributed by atoms with van der Waals surface area (Å²) in [5.74, 6) is 1.87. The summed E-state index contributed by atoms with van der Waals surface area (Å²) in [6.07, 6.45) is 0.985. The van der Waals surface area contributed by atoms with Crippen LogP contribution in [0.15, 0.2) is 46.9 Å².